The van der Waals surface area contributed by atoms with Crippen LogP contribution in [0.4, 0.5) is 0 Å². The van der Waals surface area contributed by atoms with Crippen LogP contribution in [0.15, 0.2) is 24.5 Å². The van der Waals surface area contributed by atoms with E-state index in [0.29, 0.717) is 16.3 Å². The molecule has 1 N–H and O–H groups in total. The van der Waals surface area contributed by atoms with Crippen LogP contribution in [0.5, 0.6) is 0 Å². The number of aromatic nitrogens is 1. The van der Waals surface area contributed by atoms with E-state index in [9.17, 15) is 4.79 Å². The summed E-state index contributed by atoms with van der Waals surface area (Å²) in [6.45, 7) is 0.781. The van der Waals surface area contributed by atoms with Crippen LogP contribution < -0.4 is 5.32 Å². The Bertz CT molecular complexity index is 355. The number of hydrogen-bond acceptors (Lipinski definition) is 2. The quantitative estimate of drug-likeness (QED) is 0.865. The van der Waals surface area contributed by atoms with Gasteiger partial charge in [-0.05, 0) is 37.3 Å². The zero-order chi connectivity index (χ0) is 11.4. The van der Waals surface area contributed by atoms with Crippen LogP contribution in [0.25, 0.3) is 0 Å². The highest BCUT2D eigenvalue weighted by Crippen LogP contribution is 2.29. The van der Waals surface area contributed by atoms with Gasteiger partial charge in [-0.25, -0.2) is 0 Å². The fraction of sp³-hybridized carbons (Fsp3) is 0.500. The molecule has 0 spiro atoms. The minimum absolute atomic E-state index is 0.000391. The van der Waals surface area contributed by atoms with E-state index in [1.165, 1.54) is 12.8 Å². The minimum atomic E-state index is 0.000391. The van der Waals surface area contributed by atoms with Crippen LogP contribution in [0.3, 0.4) is 0 Å². The van der Waals surface area contributed by atoms with E-state index in [1.54, 1.807) is 24.5 Å². The molecule has 1 aromatic heterocycles. The van der Waals surface area contributed by atoms with Crippen molar-refractivity contribution < 1.29 is 4.79 Å². The standard InChI is InChI=1S/C12H15BrN2O/c13-11-2-1-9(7-11)8-15-12(16)10-3-5-14-6-4-10/h3-6,9,11H,1-2,7-8H2,(H,15,16). The Morgan fingerprint density at radius 2 is 2.19 bits per heavy atom. The molecule has 1 heterocycles. The molecule has 1 aromatic rings. The molecule has 0 bridgehead atoms. The zero-order valence-corrected chi connectivity index (χ0v) is 10.6. The summed E-state index contributed by atoms with van der Waals surface area (Å²) in [5.74, 6) is 0.621. The van der Waals surface area contributed by atoms with Gasteiger partial charge in [-0.1, -0.05) is 15.9 Å². The summed E-state index contributed by atoms with van der Waals surface area (Å²) >= 11 is 3.61. The summed E-state index contributed by atoms with van der Waals surface area (Å²) in [6, 6.07) is 3.47. The molecular weight excluding hydrogens is 268 g/mol. The van der Waals surface area contributed by atoms with Crippen molar-refractivity contribution in [3.63, 3.8) is 0 Å². The molecule has 16 heavy (non-hydrogen) atoms. The predicted octanol–water partition coefficient (Wildman–Crippen LogP) is 2.38. The van der Waals surface area contributed by atoms with Gasteiger partial charge in [-0.15, -0.1) is 0 Å². The van der Waals surface area contributed by atoms with Crippen LogP contribution in [0, 0.1) is 5.92 Å². The number of amides is 1. The second-order valence-corrected chi connectivity index (χ2v) is 5.52. The molecule has 0 saturated heterocycles. The SMILES string of the molecule is O=C(NCC1CCC(Br)C1)c1ccncc1. The number of rotatable bonds is 3. The van der Waals surface area contributed by atoms with Crippen molar-refractivity contribution in [3.8, 4) is 0 Å². The molecule has 0 aromatic carbocycles. The number of carbonyl (C=O) groups is 1. The average molecular weight is 283 g/mol. The largest absolute Gasteiger partial charge is 0.352 e. The van der Waals surface area contributed by atoms with Crippen LogP contribution in [0.1, 0.15) is 29.6 Å². The van der Waals surface area contributed by atoms with Crippen LogP contribution in [-0.4, -0.2) is 22.3 Å². The third kappa shape index (κ3) is 3.04. The predicted molar refractivity (Wildman–Crippen MR) is 66.6 cm³/mol. The lowest BCUT2D eigenvalue weighted by Crippen LogP contribution is -2.28. The molecule has 2 atom stereocenters. The van der Waals surface area contributed by atoms with E-state index in [4.69, 9.17) is 0 Å². The first-order valence-electron chi connectivity index (χ1n) is 5.58. The first-order valence-corrected chi connectivity index (χ1v) is 6.49. The van der Waals surface area contributed by atoms with E-state index in [1.807, 2.05) is 0 Å². The van der Waals surface area contributed by atoms with Gasteiger partial charge < -0.3 is 5.32 Å². The Morgan fingerprint density at radius 1 is 1.44 bits per heavy atom. The van der Waals surface area contributed by atoms with Gasteiger partial charge in [-0.3, -0.25) is 9.78 Å². The molecule has 2 unspecified atom stereocenters. The van der Waals surface area contributed by atoms with E-state index in [0.717, 1.165) is 13.0 Å². The van der Waals surface area contributed by atoms with E-state index >= 15 is 0 Å². The first kappa shape index (κ1) is 11.6. The first-order chi connectivity index (χ1) is 7.75. The lowest BCUT2D eigenvalue weighted by molar-refractivity contribution is 0.0947. The average Bonchev–Trinajstić information content (AvgIpc) is 2.73. The Hall–Kier alpha value is -0.900. The molecule has 1 amide bonds. The molecule has 0 radical (unpaired) electrons. The van der Waals surface area contributed by atoms with Crippen molar-refractivity contribution in [1.29, 1.82) is 0 Å². The number of nitrogens with zero attached hydrogens (tertiary/aromatic N) is 1. The normalized spacial score (nSPS) is 24.3. The van der Waals surface area contributed by atoms with Gasteiger partial charge in [0.1, 0.15) is 0 Å². The lowest BCUT2D eigenvalue weighted by atomic mass is 10.1. The van der Waals surface area contributed by atoms with Crippen molar-refractivity contribution >= 4 is 21.8 Å². The molecule has 86 valence electrons. The van der Waals surface area contributed by atoms with Gasteiger partial charge in [0, 0.05) is 29.3 Å². The monoisotopic (exact) mass is 282 g/mol. The molecule has 0 aliphatic heterocycles. The topological polar surface area (TPSA) is 42.0 Å². The Labute approximate surface area is 104 Å². The maximum absolute atomic E-state index is 11.7. The molecule has 1 saturated carbocycles. The molecule has 1 fully saturated rings. The zero-order valence-electron chi connectivity index (χ0n) is 9.03. The Morgan fingerprint density at radius 3 is 2.81 bits per heavy atom. The van der Waals surface area contributed by atoms with Crippen molar-refractivity contribution in [2.45, 2.75) is 24.1 Å². The molecule has 2 rings (SSSR count). The highest BCUT2D eigenvalue weighted by atomic mass is 79.9. The van der Waals surface area contributed by atoms with Crippen LogP contribution in [-0.2, 0) is 0 Å². The second-order valence-electron chi connectivity index (χ2n) is 4.22. The fourth-order valence-corrected chi connectivity index (χ4v) is 2.83. The van der Waals surface area contributed by atoms with E-state index in [-0.39, 0.29) is 5.91 Å². The number of pyridine rings is 1. The smallest absolute Gasteiger partial charge is 0.251 e. The van der Waals surface area contributed by atoms with Gasteiger partial charge >= 0.3 is 0 Å². The third-order valence-corrected chi connectivity index (χ3v) is 3.80. The lowest BCUT2D eigenvalue weighted by Gasteiger charge is -2.10. The Balaban J connectivity index is 1.80. The van der Waals surface area contributed by atoms with Crippen molar-refractivity contribution in [2.75, 3.05) is 6.54 Å². The summed E-state index contributed by atoms with van der Waals surface area (Å²) in [7, 11) is 0. The highest BCUT2D eigenvalue weighted by Gasteiger charge is 2.22. The number of halogens is 1. The molecular formula is C12H15BrN2O. The number of nitrogens with one attached hydrogen (secondary N) is 1. The number of hydrogen-bond donors (Lipinski definition) is 1. The summed E-state index contributed by atoms with van der Waals surface area (Å²) in [5.41, 5.74) is 0.684. The maximum Gasteiger partial charge on any atom is 0.251 e. The Kier molecular flexibility index (Phi) is 3.93. The highest BCUT2D eigenvalue weighted by molar-refractivity contribution is 9.09. The van der Waals surface area contributed by atoms with Crippen LogP contribution in [0.2, 0.25) is 0 Å². The summed E-state index contributed by atoms with van der Waals surface area (Å²) in [4.78, 5) is 16.3. The van der Waals surface area contributed by atoms with E-state index in [2.05, 4.69) is 26.2 Å². The van der Waals surface area contributed by atoms with Crippen molar-refractivity contribution in [1.82, 2.24) is 10.3 Å². The summed E-state index contributed by atoms with van der Waals surface area (Å²) in [5, 5.41) is 2.97. The number of carbonyl (C=O) groups excluding carboxylic acids is 1. The summed E-state index contributed by atoms with van der Waals surface area (Å²) < 4.78 is 0. The van der Waals surface area contributed by atoms with Crippen LogP contribution >= 0.6 is 15.9 Å². The van der Waals surface area contributed by atoms with Gasteiger partial charge in [0.15, 0.2) is 0 Å². The van der Waals surface area contributed by atoms with Gasteiger partial charge in [0.2, 0.25) is 0 Å². The summed E-state index contributed by atoms with van der Waals surface area (Å²) in [6.07, 6.45) is 6.86. The third-order valence-electron chi connectivity index (χ3n) is 2.97. The molecule has 3 nitrogen and oxygen atoms in total. The molecule has 1 aliphatic rings. The van der Waals surface area contributed by atoms with Gasteiger partial charge in [0.25, 0.3) is 5.91 Å². The molecule has 1 aliphatic carbocycles. The van der Waals surface area contributed by atoms with Gasteiger partial charge in [-0.2, -0.15) is 0 Å². The van der Waals surface area contributed by atoms with Crippen molar-refractivity contribution in [3.05, 3.63) is 30.1 Å². The van der Waals surface area contributed by atoms with Gasteiger partial charge in [0.05, 0.1) is 0 Å². The number of alkyl halides is 1. The maximum atomic E-state index is 11.7. The molecule has 4 heteroatoms. The minimum Gasteiger partial charge on any atom is -0.352 e. The van der Waals surface area contributed by atoms with Crippen molar-refractivity contribution in [2.24, 2.45) is 5.92 Å². The fourth-order valence-electron chi connectivity index (χ4n) is 2.04. The second kappa shape index (κ2) is 5.43. The van der Waals surface area contributed by atoms with E-state index < -0.39 is 0 Å².